The molecular formula is C20H20N2OS2. The minimum absolute atomic E-state index is 0.0639. The molecule has 0 unspecified atom stereocenters. The topological polar surface area (TPSA) is 34.9 Å². The fourth-order valence-corrected chi connectivity index (χ4v) is 5.68. The number of nitrogens with zero attached hydrogens (tertiary/aromatic N) is 2. The molecule has 0 saturated heterocycles. The Hall–Kier alpha value is -1.85. The highest BCUT2D eigenvalue weighted by molar-refractivity contribution is 7.99. The molecule has 2 heterocycles. The third kappa shape index (κ3) is 2.85. The van der Waals surface area contributed by atoms with E-state index in [2.05, 4.69) is 13.5 Å². The number of benzene rings is 1. The fraction of sp³-hybridized carbons (Fsp3) is 0.300. The fourth-order valence-electron chi connectivity index (χ4n) is 3.55. The van der Waals surface area contributed by atoms with Crippen molar-refractivity contribution in [2.45, 2.75) is 37.3 Å². The van der Waals surface area contributed by atoms with Gasteiger partial charge in [-0.25, -0.2) is 4.98 Å². The van der Waals surface area contributed by atoms with Gasteiger partial charge in [0.2, 0.25) is 0 Å². The van der Waals surface area contributed by atoms with Crippen LogP contribution in [0.2, 0.25) is 0 Å². The van der Waals surface area contributed by atoms with Crippen LogP contribution in [0.25, 0.3) is 15.9 Å². The molecule has 1 aromatic carbocycles. The molecule has 1 aliphatic rings. The lowest BCUT2D eigenvalue weighted by molar-refractivity contribution is 0.601. The molecule has 3 nitrogen and oxygen atoms in total. The van der Waals surface area contributed by atoms with Gasteiger partial charge in [-0.15, -0.1) is 17.9 Å². The second-order valence-corrected chi connectivity index (χ2v) is 8.45. The summed E-state index contributed by atoms with van der Waals surface area (Å²) in [4.78, 5) is 20.6. The van der Waals surface area contributed by atoms with Crippen molar-refractivity contribution in [2.75, 3.05) is 5.75 Å². The largest absolute Gasteiger partial charge is 0.268 e. The Kier molecular flexibility index (Phi) is 4.52. The van der Waals surface area contributed by atoms with Gasteiger partial charge in [-0.2, -0.15) is 0 Å². The lowest BCUT2D eigenvalue weighted by Crippen LogP contribution is -2.22. The van der Waals surface area contributed by atoms with Crippen LogP contribution in [-0.4, -0.2) is 15.3 Å². The maximum absolute atomic E-state index is 13.5. The highest BCUT2D eigenvalue weighted by atomic mass is 32.2. The van der Waals surface area contributed by atoms with Gasteiger partial charge in [0.25, 0.3) is 5.56 Å². The van der Waals surface area contributed by atoms with Gasteiger partial charge in [-0.1, -0.05) is 43.0 Å². The van der Waals surface area contributed by atoms with Crippen LogP contribution in [0.5, 0.6) is 0 Å². The zero-order valence-corrected chi connectivity index (χ0v) is 15.8. The normalized spacial score (nSPS) is 16.8. The predicted octanol–water partition coefficient (Wildman–Crippen LogP) is 5.17. The Morgan fingerprint density at radius 1 is 1.40 bits per heavy atom. The highest BCUT2D eigenvalue weighted by Gasteiger charge is 2.26. The van der Waals surface area contributed by atoms with Crippen molar-refractivity contribution in [3.8, 4) is 5.69 Å². The number of thioether (sulfide) groups is 1. The molecule has 25 heavy (non-hydrogen) atoms. The molecular weight excluding hydrogens is 348 g/mol. The van der Waals surface area contributed by atoms with Crippen molar-refractivity contribution in [1.29, 1.82) is 0 Å². The van der Waals surface area contributed by atoms with Gasteiger partial charge >= 0.3 is 0 Å². The van der Waals surface area contributed by atoms with Crippen LogP contribution in [0, 0.1) is 0 Å². The van der Waals surface area contributed by atoms with E-state index in [-0.39, 0.29) is 5.56 Å². The smallest absolute Gasteiger partial charge is 0.267 e. The monoisotopic (exact) mass is 368 g/mol. The molecule has 0 radical (unpaired) electrons. The standard InChI is InChI=1S/C20H20N2OS2/c1-3-12-24-20-21-18-17(16-13(2)8-7-11-15(16)25-18)19(23)22(20)14-9-5-4-6-10-14/h3-6,9-10,13H,1,7-8,11-12H2,2H3/t13-/m0/s1. The first kappa shape index (κ1) is 16.6. The van der Waals surface area contributed by atoms with Gasteiger partial charge in [-0.3, -0.25) is 9.36 Å². The number of aromatic nitrogens is 2. The van der Waals surface area contributed by atoms with E-state index in [0.29, 0.717) is 5.92 Å². The number of rotatable bonds is 4. The van der Waals surface area contributed by atoms with Crippen LogP contribution in [0.15, 0.2) is 52.9 Å². The number of fused-ring (bicyclic) bond motifs is 3. The van der Waals surface area contributed by atoms with Crippen LogP contribution < -0.4 is 5.56 Å². The number of thiophene rings is 1. The first-order chi connectivity index (χ1) is 12.2. The molecule has 3 aromatic rings. The maximum atomic E-state index is 13.5. The van der Waals surface area contributed by atoms with E-state index in [9.17, 15) is 4.79 Å². The molecule has 0 N–H and O–H groups in total. The van der Waals surface area contributed by atoms with E-state index in [1.165, 1.54) is 16.9 Å². The van der Waals surface area contributed by atoms with Crippen LogP contribution in [0.1, 0.15) is 36.1 Å². The Morgan fingerprint density at radius 3 is 2.96 bits per heavy atom. The molecule has 0 saturated carbocycles. The molecule has 128 valence electrons. The molecule has 1 atom stereocenters. The first-order valence-electron chi connectivity index (χ1n) is 8.58. The maximum Gasteiger partial charge on any atom is 0.267 e. The first-order valence-corrected chi connectivity index (χ1v) is 10.4. The van der Waals surface area contributed by atoms with Gasteiger partial charge in [0, 0.05) is 10.6 Å². The molecule has 5 heteroatoms. The lowest BCUT2D eigenvalue weighted by Gasteiger charge is -2.19. The van der Waals surface area contributed by atoms with E-state index in [1.54, 1.807) is 27.7 Å². The van der Waals surface area contributed by atoms with E-state index in [1.807, 2.05) is 36.4 Å². The number of para-hydroxylation sites is 1. The third-order valence-electron chi connectivity index (χ3n) is 4.69. The molecule has 0 aliphatic heterocycles. The van der Waals surface area contributed by atoms with E-state index in [0.717, 1.165) is 39.7 Å². The summed E-state index contributed by atoms with van der Waals surface area (Å²) in [5, 5.41) is 1.58. The van der Waals surface area contributed by atoms with Crippen molar-refractivity contribution < 1.29 is 0 Å². The average Bonchev–Trinajstić information content (AvgIpc) is 3.00. The summed E-state index contributed by atoms with van der Waals surface area (Å²) in [7, 11) is 0. The van der Waals surface area contributed by atoms with E-state index >= 15 is 0 Å². The molecule has 1 aliphatic carbocycles. The van der Waals surface area contributed by atoms with Crippen LogP contribution in [0.4, 0.5) is 0 Å². The van der Waals surface area contributed by atoms with E-state index in [4.69, 9.17) is 4.98 Å². The van der Waals surface area contributed by atoms with Crippen molar-refractivity contribution in [3.05, 3.63) is 63.8 Å². The molecule has 4 rings (SSSR count). The Labute approximate surface area is 155 Å². The summed E-state index contributed by atoms with van der Waals surface area (Å²) >= 11 is 3.26. The lowest BCUT2D eigenvalue weighted by atomic mass is 9.88. The Morgan fingerprint density at radius 2 is 2.20 bits per heavy atom. The summed E-state index contributed by atoms with van der Waals surface area (Å²) in [6, 6.07) is 9.81. The van der Waals surface area contributed by atoms with Gasteiger partial charge in [0.15, 0.2) is 5.16 Å². The summed E-state index contributed by atoms with van der Waals surface area (Å²) in [6.45, 7) is 6.03. The molecule has 0 amide bonds. The average molecular weight is 369 g/mol. The third-order valence-corrected chi connectivity index (χ3v) is 6.78. The van der Waals surface area contributed by atoms with E-state index < -0.39 is 0 Å². The Bertz CT molecular complexity index is 988. The van der Waals surface area contributed by atoms with Crippen LogP contribution in [0.3, 0.4) is 0 Å². The SMILES string of the molecule is C=CCSc1nc2sc3c(c2c(=O)n1-c1ccccc1)[C@@H](C)CCC3. The molecule has 2 aromatic heterocycles. The predicted molar refractivity (Wildman–Crippen MR) is 107 cm³/mol. The summed E-state index contributed by atoms with van der Waals surface area (Å²) in [5.41, 5.74) is 2.18. The van der Waals surface area contributed by atoms with Crippen LogP contribution >= 0.6 is 23.1 Å². The van der Waals surface area contributed by atoms with Crippen molar-refractivity contribution >= 4 is 33.3 Å². The van der Waals surface area contributed by atoms with Gasteiger partial charge in [0.05, 0.1) is 11.1 Å². The minimum atomic E-state index is 0.0639. The zero-order chi connectivity index (χ0) is 17.4. The van der Waals surface area contributed by atoms with Gasteiger partial charge in [0.1, 0.15) is 4.83 Å². The second-order valence-electron chi connectivity index (χ2n) is 6.38. The highest BCUT2D eigenvalue weighted by Crippen LogP contribution is 2.40. The van der Waals surface area contributed by atoms with Crippen LogP contribution in [-0.2, 0) is 6.42 Å². The number of hydrogen-bond donors (Lipinski definition) is 0. The number of aryl methyl sites for hydroxylation is 1. The summed E-state index contributed by atoms with van der Waals surface area (Å²) < 4.78 is 1.77. The molecule has 0 spiro atoms. The van der Waals surface area contributed by atoms with Crippen molar-refractivity contribution in [3.63, 3.8) is 0 Å². The van der Waals surface area contributed by atoms with Gasteiger partial charge in [-0.05, 0) is 42.9 Å². The van der Waals surface area contributed by atoms with Gasteiger partial charge < -0.3 is 0 Å². The molecule has 0 bridgehead atoms. The summed E-state index contributed by atoms with van der Waals surface area (Å²) in [6.07, 6.45) is 5.26. The minimum Gasteiger partial charge on any atom is -0.268 e. The zero-order valence-electron chi connectivity index (χ0n) is 14.2. The Balaban J connectivity index is 2.03. The number of hydrogen-bond acceptors (Lipinski definition) is 4. The summed E-state index contributed by atoms with van der Waals surface area (Å²) in [5.74, 6) is 1.16. The molecule has 0 fully saturated rings. The van der Waals surface area contributed by atoms with Crippen molar-refractivity contribution in [1.82, 2.24) is 9.55 Å². The quantitative estimate of drug-likeness (QED) is 0.362. The second kappa shape index (κ2) is 6.81. The van der Waals surface area contributed by atoms with Crippen molar-refractivity contribution in [2.24, 2.45) is 0 Å².